The van der Waals surface area contributed by atoms with E-state index in [-0.39, 0.29) is 11.5 Å². The molecule has 0 aliphatic carbocycles. The van der Waals surface area contributed by atoms with E-state index in [9.17, 15) is 9.59 Å². The summed E-state index contributed by atoms with van der Waals surface area (Å²) in [7, 11) is 0. The number of benzene rings is 2. The Bertz CT molecular complexity index is 1080. The molecule has 0 fully saturated rings. The molecule has 3 aromatic rings. The van der Waals surface area contributed by atoms with Gasteiger partial charge in [0.05, 0.1) is 17.3 Å². The van der Waals surface area contributed by atoms with Gasteiger partial charge in [0.2, 0.25) is 5.91 Å². The molecule has 6 nitrogen and oxygen atoms in total. The Morgan fingerprint density at radius 3 is 2.59 bits per heavy atom. The van der Waals surface area contributed by atoms with E-state index >= 15 is 0 Å². The molecule has 6 heteroatoms. The fourth-order valence-electron chi connectivity index (χ4n) is 2.61. The second kappa shape index (κ2) is 7.67. The van der Waals surface area contributed by atoms with E-state index in [2.05, 4.69) is 10.4 Å². The number of nitriles is 1. The van der Waals surface area contributed by atoms with Crippen LogP contribution in [-0.4, -0.2) is 15.7 Å². The van der Waals surface area contributed by atoms with Crippen molar-refractivity contribution in [2.75, 3.05) is 5.32 Å². The predicted molar refractivity (Wildman–Crippen MR) is 103 cm³/mol. The molecule has 1 atom stereocenters. The van der Waals surface area contributed by atoms with Crippen LogP contribution in [0.5, 0.6) is 0 Å². The van der Waals surface area contributed by atoms with E-state index in [1.807, 2.05) is 37.3 Å². The molecule has 0 spiro atoms. The Balaban J connectivity index is 1.87. The molecule has 3 rings (SSSR count). The summed E-state index contributed by atoms with van der Waals surface area (Å²) in [4.78, 5) is 24.8. The van der Waals surface area contributed by atoms with Crippen LogP contribution in [-0.2, 0) is 4.79 Å². The number of aromatic nitrogens is 2. The largest absolute Gasteiger partial charge is 0.324 e. The van der Waals surface area contributed by atoms with Gasteiger partial charge >= 0.3 is 0 Å². The number of hydrogen-bond donors (Lipinski definition) is 1. The third-order valence-corrected chi connectivity index (χ3v) is 4.18. The lowest BCUT2D eigenvalue weighted by atomic mass is 10.1. The summed E-state index contributed by atoms with van der Waals surface area (Å²) in [5, 5.41) is 16.0. The van der Waals surface area contributed by atoms with E-state index in [4.69, 9.17) is 5.26 Å². The minimum absolute atomic E-state index is 0.362. The lowest BCUT2D eigenvalue weighted by Crippen LogP contribution is -2.33. The first-order chi connectivity index (χ1) is 13.0. The van der Waals surface area contributed by atoms with Crippen LogP contribution in [0.3, 0.4) is 0 Å². The Kier molecular flexibility index (Phi) is 5.13. The van der Waals surface area contributed by atoms with Gasteiger partial charge in [-0.15, -0.1) is 0 Å². The normalized spacial score (nSPS) is 11.4. The maximum atomic E-state index is 12.6. The van der Waals surface area contributed by atoms with Crippen molar-refractivity contribution in [1.29, 1.82) is 5.26 Å². The molecular formula is C21H18N4O2. The number of carbonyl (C=O) groups excluding carboxylic acids is 1. The van der Waals surface area contributed by atoms with Gasteiger partial charge in [0.25, 0.3) is 5.56 Å². The van der Waals surface area contributed by atoms with E-state index in [1.165, 1.54) is 10.7 Å². The zero-order chi connectivity index (χ0) is 19.4. The molecule has 0 bridgehead atoms. The fourth-order valence-corrected chi connectivity index (χ4v) is 2.61. The maximum absolute atomic E-state index is 12.6. The van der Waals surface area contributed by atoms with E-state index in [1.54, 1.807) is 37.3 Å². The molecule has 27 heavy (non-hydrogen) atoms. The highest BCUT2D eigenvalue weighted by molar-refractivity contribution is 5.93. The third kappa shape index (κ3) is 4.10. The van der Waals surface area contributed by atoms with Gasteiger partial charge < -0.3 is 5.32 Å². The lowest BCUT2D eigenvalue weighted by Gasteiger charge is -2.15. The van der Waals surface area contributed by atoms with E-state index in [0.29, 0.717) is 16.9 Å². The average molecular weight is 358 g/mol. The van der Waals surface area contributed by atoms with Gasteiger partial charge in [0.15, 0.2) is 0 Å². The topological polar surface area (TPSA) is 87.8 Å². The second-order valence-corrected chi connectivity index (χ2v) is 6.23. The maximum Gasteiger partial charge on any atom is 0.267 e. The number of anilines is 1. The minimum atomic E-state index is -0.811. The van der Waals surface area contributed by atoms with Crippen LogP contribution in [0.1, 0.15) is 24.1 Å². The van der Waals surface area contributed by atoms with Crippen molar-refractivity contribution in [3.8, 4) is 17.3 Å². The molecule has 0 saturated heterocycles. The van der Waals surface area contributed by atoms with Gasteiger partial charge in [-0.2, -0.15) is 10.4 Å². The molecule has 1 N–H and O–H groups in total. The average Bonchev–Trinajstić information content (AvgIpc) is 2.68. The van der Waals surface area contributed by atoms with Crippen LogP contribution in [0.15, 0.2) is 65.5 Å². The number of carbonyl (C=O) groups is 1. The molecule has 0 unspecified atom stereocenters. The van der Waals surface area contributed by atoms with Crippen molar-refractivity contribution in [3.63, 3.8) is 0 Å². The number of nitrogens with zero attached hydrogens (tertiary/aromatic N) is 3. The number of hydrogen-bond acceptors (Lipinski definition) is 4. The van der Waals surface area contributed by atoms with E-state index < -0.39 is 6.04 Å². The standard InChI is InChI=1S/C21H18N4O2/c1-14-6-8-17(9-7-14)19-10-11-20(26)25(24-19)15(2)21(27)23-18-5-3-4-16(12-18)13-22/h3-12,15H,1-2H3,(H,23,27)/t15-/m1/s1. The minimum Gasteiger partial charge on any atom is -0.324 e. The first-order valence-electron chi connectivity index (χ1n) is 8.46. The Morgan fingerprint density at radius 2 is 1.89 bits per heavy atom. The predicted octanol–water partition coefficient (Wildman–Crippen LogP) is 3.29. The summed E-state index contributed by atoms with van der Waals surface area (Å²) >= 11 is 0. The van der Waals surface area contributed by atoms with Crippen LogP contribution in [0.4, 0.5) is 5.69 Å². The van der Waals surface area contributed by atoms with Crippen molar-refractivity contribution in [1.82, 2.24) is 9.78 Å². The smallest absolute Gasteiger partial charge is 0.267 e. The quantitative estimate of drug-likeness (QED) is 0.775. The van der Waals surface area contributed by atoms with Gasteiger partial charge in [-0.25, -0.2) is 4.68 Å². The molecule has 0 aliphatic heterocycles. The van der Waals surface area contributed by atoms with Crippen LogP contribution < -0.4 is 10.9 Å². The number of aryl methyl sites for hydroxylation is 1. The van der Waals surface area contributed by atoms with Gasteiger partial charge in [-0.05, 0) is 38.1 Å². The van der Waals surface area contributed by atoms with Crippen molar-refractivity contribution in [3.05, 3.63) is 82.1 Å². The van der Waals surface area contributed by atoms with Crippen LogP contribution in [0.2, 0.25) is 0 Å². The van der Waals surface area contributed by atoms with Crippen molar-refractivity contribution >= 4 is 11.6 Å². The highest BCUT2D eigenvalue weighted by Crippen LogP contribution is 2.17. The molecule has 134 valence electrons. The SMILES string of the molecule is Cc1ccc(-c2ccc(=O)n([C@H](C)C(=O)Nc3cccc(C#N)c3)n2)cc1. The van der Waals surface area contributed by atoms with Gasteiger partial charge in [0.1, 0.15) is 6.04 Å². The third-order valence-electron chi connectivity index (χ3n) is 4.18. The van der Waals surface area contributed by atoms with Crippen molar-refractivity contribution in [2.45, 2.75) is 19.9 Å². The summed E-state index contributed by atoms with van der Waals surface area (Å²) < 4.78 is 1.17. The highest BCUT2D eigenvalue weighted by atomic mass is 16.2. The van der Waals surface area contributed by atoms with Crippen molar-refractivity contribution < 1.29 is 4.79 Å². The summed E-state index contributed by atoms with van der Waals surface area (Å²) in [6.45, 7) is 3.60. The molecule has 0 saturated carbocycles. The monoisotopic (exact) mass is 358 g/mol. The highest BCUT2D eigenvalue weighted by Gasteiger charge is 2.18. The molecule has 1 aromatic heterocycles. The van der Waals surface area contributed by atoms with Crippen LogP contribution in [0, 0.1) is 18.3 Å². The van der Waals surface area contributed by atoms with Gasteiger partial charge in [0, 0.05) is 17.3 Å². The Labute approximate surface area is 156 Å². The first kappa shape index (κ1) is 18.1. The zero-order valence-electron chi connectivity index (χ0n) is 15.0. The molecular weight excluding hydrogens is 340 g/mol. The molecule has 1 amide bonds. The van der Waals surface area contributed by atoms with Crippen molar-refractivity contribution in [2.24, 2.45) is 0 Å². The fraction of sp³-hybridized carbons (Fsp3) is 0.143. The van der Waals surface area contributed by atoms with E-state index in [0.717, 1.165) is 11.1 Å². The first-order valence-corrected chi connectivity index (χ1v) is 8.46. The number of nitrogens with one attached hydrogen (secondary N) is 1. The van der Waals surface area contributed by atoms with Crippen LogP contribution >= 0.6 is 0 Å². The van der Waals surface area contributed by atoms with Crippen LogP contribution in [0.25, 0.3) is 11.3 Å². The Morgan fingerprint density at radius 1 is 1.15 bits per heavy atom. The number of amides is 1. The summed E-state index contributed by atoms with van der Waals surface area (Å²) in [5.74, 6) is -0.388. The summed E-state index contributed by atoms with van der Waals surface area (Å²) in [6, 6.07) is 18.6. The second-order valence-electron chi connectivity index (χ2n) is 6.23. The summed E-state index contributed by atoms with van der Waals surface area (Å²) in [5.41, 5.74) is 3.17. The zero-order valence-corrected chi connectivity index (χ0v) is 15.0. The Hall–Kier alpha value is -3.72. The molecule has 0 radical (unpaired) electrons. The molecule has 1 heterocycles. The molecule has 0 aliphatic rings. The lowest BCUT2D eigenvalue weighted by molar-refractivity contribution is -0.119. The summed E-state index contributed by atoms with van der Waals surface area (Å²) in [6.07, 6.45) is 0. The van der Waals surface area contributed by atoms with Gasteiger partial charge in [-0.1, -0.05) is 35.9 Å². The molecule has 2 aromatic carbocycles. The number of rotatable bonds is 4. The van der Waals surface area contributed by atoms with Gasteiger partial charge in [-0.3, -0.25) is 9.59 Å².